The molecule has 0 unspecified atom stereocenters. The van der Waals surface area contributed by atoms with Crippen molar-refractivity contribution in [1.29, 1.82) is 0 Å². The molecule has 0 spiro atoms. The maximum Gasteiger partial charge on any atom is 0.165 e. The molecule has 4 heterocycles. The molecule has 4 aromatic heterocycles. The number of benzene rings is 5. The molecular weight excluding hydrogens is 637 g/mol. The minimum Gasteiger partial charge on any atom is -0.264 e. The van der Waals surface area contributed by atoms with Gasteiger partial charge in [-0.15, -0.1) is 0 Å². The van der Waals surface area contributed by atoms with Gasteiger partial charge in [0.25, 0.3) is 0 Å². The minimum atomic E-state index is 0.540. The van der Waals surface area contributed by atoms with E-state index in [2.05, 4.69) is 131 Å². The van der Waals surface area contributed by atoms with Gasteiger partial charge in [0.15, 0.2) is 17.5 Å². The van der Waals surface area contributed by atoms with E-state index in [4.69, 9.17) is 19.9 Å². The van der Waals surface area contributed by atoms with Crippen LogP contribution in [0.3, 0.4) is 0 Å². The van der Waals surface area contributed by atoms with Crippen molar-refractivity contribution in [3.63, 3.8) is 0 Å². The van der Waals surface area contributed by atoms with Gasteiger partial charge in [0, 0.05) is 58.6 Å². The number of rotatable bonds is 7. The van der Waals surface area contributed by atoms with E-state index >= 15 is 0 Å². The molecule has 9 aromatic rings. The maximum atomic E-state index is 5.00. The quantitative estimate of drug-likeness (QED) is 0.168. The average Bonchev–Trinajstić information content (AvgIpc) is 3.24. The van der Waals surface area contributed by atoms with Crippen LogP contribution < -0.4 is 0 Å². The lowest BCUT2D eigenvalue weighted by Gasteiger charge is -2.17. The molecule has 0 N–H and O–H groups in total. The lowest BCUT2D eigenvalue weighted by atomic mass is 9.87. The number of para-hydroxylation sites is 1. The second kappa shape index (κ2) is 13.6. The zero-order chi connectivity index (χ0) is 34.7. The lowest BCUT2D eigenvalue weighted by molar-refractivity contribution is 1.07. The molecule has 9 rings (SSSR count). The van der Waals surface area contributed by atoms with E-state index in [1.165, 1.54) is 11.1 Å². The summed E-state index contributed by atoms with van der Waals surface area (Å²) in [6, 6.07) is 52.4. The van der Waals surface area contributed by atoms with Crippen LogP contribution in [0, 0.1) is 0 Å². The molecule has 0 bridgehead atoms. The Balaban J connectivity index is 1.28. The van der Waals surface area contributed by atoms with Crippen LogP contribution in [0.2, 0.25) is 0 Å². The third-order valence-corrected chi connectivity index (χ3v) is 9.18. The summed E-state index contributed by atoms with van der Waals surface area (Å²) in [4.78, 5) is 28.4. The van der Waals surface area contributed by atoms with Crippen molar-refractivity contribution in [3.05, 3.63) is 183 Å². The van der Waals surface area contributed by atoms with Gasteiger partial charge in [-0.3, -0.25) is 15.0 Å². The van der Waals surface area contributed by atoms with Gasteiger partial charge in [0.05, 0.1) is 5.52 Å². The van der Waals surface area contributed by atoms with Crippen molar-refractivity contribution in [2.24, 2.45) is 0 Å². The maximum absolute atomic E-state index is 5.00. The Morgan fingerprint density at radius 2 is 0.827 bits per heavy atom. The Labute approximate surface area is 301 Å². The fourth-order valence-corrected chi connectivity index (χ4v) is 6.67. The summed E-state index contributed by atoms with van der Waals surface area (Å²) in [6.45, 7) is 0. The third-order valence-electron chi connectivity index (χ3n) is 9.18. The average molecular weight is 667 g/mol. The zero-order valence-corrected chi connectivity index (χ0v) is 28.0. The van der Waals surface area contributed by atoms with Crippen molar-refractivity contribution >= 4 is 10.9 Å². The fourth-order valence-electron chi connectivity index (χ4n) is 6.67. The third kappa shape index (κ3) is 5.99. The van der Waals surface area contributed by atoms with E-state index < -0.39 is 0 Å². The highest BCUT2D eigenvalue weighted by atomic mass is 15.0. The van der Waals surface area contributed by atoms with Gasteiger partial charge in [-0.25, -0.2) is 15.0 Å². The van der Waals surface area contributed by atoms with Gasteiger partial charge in [-0.2, -0.15) is 0 Å². The highest BCUT2D eigenvalue weighted by Crippen LogP contribution is 2.41. The molecule has 0 aliphatic heterocycles. The summed E-state index contributed by atoms with van der Waals surface area (Å²) in [5.41, 5.74) is 12.3. The van der Waals surface area contributed by atoms with E-state index in [9.17, 15) is 0 Å². The molecule has 0 radical (unpaired) electrons. The van der Waals surface area contributed by atoms with E-state index in [-0.39, 0.29) is 0 Å². The van der Waals surface area contributed by atoms with Gasteiger partial charge in [-0.05, 0) is 81.4 Å². The van der Waals surface area contributed by atoms with Crippen LogP contribution in [-0.2, 0) is 0 Å². The Morgan fingerprint density at radius 3 is 1.46 bits per heavy atom. The molecule has 0 atom stereocenters. The molecule has 0 aliphatic rings. The highest BCUT2D eigenvalue weighted by Gasteiger charge is 2.18. The second-order valence-corrected chi connectivity index (χ2v) is 12.4. The van der Waals surface area contributed by atoms with E-state index in [0.29, 0.717) is 17.5 Å². The number of pyridine rings is 3. The molecule has 0 amide bonds. The van der Waals surface area contributed by atoms with E-state index in [1.807, 2.05) is 36.5 Å². The Kier molecular flexibility index (Phi) is 8.08. The first-order valence-corrected chi connectivity index (χ1v) is 17.1. The number of fused-ring (bicyclic) bond motifs is 1. The monoisotopic (exact) mass is 666 g/mol. The fraction of sp³-hybridized carbons (Fsp3) is 0. The van der Waals surface area contributed by atoms with E-state index in [1.54, 1.807) is 24.8 Å². The van der Waals surface area contributed by atoms with Gasteiger partial charge in [0.2, 0.25) is 0 Å². The lowest BCUT2D eigenvalue weighted by Crippen LogP contribution is -2.01. The normalized spacial score (nSPS) is 11.1. The van der Waals surface area contributed by atoms with Gasteiger partial charge >= 0.3 is 0 Å². The molecule has 0 aliphatic carbocycles. The van der Waals surface area contributed by atoms with Crippen molar-refractivity contribution < 1.29 is 0 Å². The molecule has 0 saturated carbocycles. The number of hydrogen-bond donors (Lipinski definition) is 0. The summed E-state index contributed by atoms with van der Waals surface area (Å²) < 4.78 is 0. The van der Waals surface area contributed by atoms with Crippen molar-refractivity contribution in [2.45, 2.75) is 0 Å². The highest BCUT2D eigenvalue weighted by molar-refractivity contribution is 6.00. The first-order chi connectivity index (χ1) is 25.8. The Bertz CT molecular complexity index is 2600. The predicted molar refractivity (Wildman–Crippen MR) is 209 cm³/mol. The molecule has 5 aromatic carbocycles. The summed E-state index contributed by atoms with van der Waals surface area (Å²) in [7, 11) is 0. The first-order valence-electron chi connectivity index (χ1n) is 17.1. The predicted octanol–water partition coefficient (Wildman–Crippen LogP) is 10.9. The van der Waals surface area contributed by atoms with Gasteiger partial charge in [-0.1, -0.05) is 109 Å². The molecule has 244 valence electrons. The van der Waals surface area contributed by atoms with Crippen LogP contribution in [0.1, 0.15) is 0 Å². The summed E-state index contributed by atoms with van der Waals surface area (Å²) in [5.74, 6) is 1.63. The van der Waals surface area contributed by atoms with Gasteiger partial charge < -0.3 is 0 Å². The molecule has 0 fully saturated rings. The largest absolute Gasteiger partial charge is 0.264 e. The zero-order valence-electron chi connectivity index (χ0n) is 28.0. The molecule has 6 heteroatoms. The first kappa shape index (κ1) is 30.8. The number of nitrogens with zero attached hydrogens (tertiary/aromatic N) is 6. The summed E-state index contributed by atoms with van der Waals surface area (Å²) in [6.07, 6.45) is 8.88. The van der Waals surface area contributed by atoms with Crippen LogP contribution in [0.4, 0.5) is 0 Å². The van der Waals surface area contributed by atoms with E-state index in [0.717, 1.165) is 61.0 Å². The topological polar surface area (TPSA) is 77.3 Å². The molecule has 6 nitrogen and oxygen atoms in total. The summed E-state index contributed by atoms with van der Waals surface area (Å²) in [5, 5.41) is 1.07. The van der Waals surface area contributed by atoms with Gasteiger partial charge in [0.1, 0.15) is 0 Å². The number of aromatic nitrogens is 6. The standard InChI is InChI=1S/C46H30N6/c1-3-11-31(12-4-1)38-22-20-34(27-41(38)32-13-5-2-6-14-32)39-23-21-35(28-42(39)40-19-7-15-33-16-10-26-49-43(33)40)44-50-45(36-17-8-24-47-29-36)52-46(51-44)37-18-9-25-48-30-37/h1-30H. The Morgan fingerprint density at radius 1 is 0.308 bits per heavy atom. The van der Waals surface area contributed by atoms with Crippen LogP contribution >= 0.6 is 0 Å². The molecule has 0 saturated heterocycles. The van der Waals surface area contributed by atoms with Crippen LogP contribution in [-0.4, -0.2) is 29.9 Å². The van der Waals surface area contributed by atoms with Crippen LogP contribution in [0.25, 0.3) is 89.6 Å². The second-order valence-electron chi connectivity index (χ2n) is 12.4. The summed E-state index contributed by atoms with van der Waals surface area (Å²) >= 11 is 0. The number of hydrogen-bond acceptors (Lipinski definition) is 6. The smallest absolute Gasteiger partial charge is 0.165 e. The van der Waals surface area contributed by atoms with Crippen molar-refractivity contribution in [1.82, 2.24) is 29.9 Å². The van der Waals surface area contributed by atoms with Crippen LogP contribution in [0.5, 0.6) is 0 Å². The molecular formula is C46H30N6. The SMILES string of the molecule is c1ccc(-c2ccc(-c3ccc(-c4nc(-c5cccnc5)nc(-c5cccnc5)n4)cc3-c3cccc4cccnc34)cc2-c2ccccc2)cc1. The van der Waals surface area contributed by atoms with Crippen molar-refractivity contribution in [3.8, 4) is 78.7 Å². The Hall–Kier alpha value is -7.18. The molecule has 52 heavy (non-hydrogen) atoms. The minimum absolute atomic E-state index is 0.540. The van der Waals surface area contributed by atoms with Crippen LogP contribution in [0.15, 0.2) is 183 Å². The van der Waals surface area contributed by atoms with Crippen molar-refractivity contribution in [2.75, 3.05) is 0 Å².